The van der Waals surface area contributed by atoms with E-state index in [0.717, 1.165) is 5.56 Å². The fraction of sp³-hybridized carbons (Fsp3) is 0.720. The van der Waals surface area contributed by atoms with E-state index in [9.17, 15) is 17.8 Å². The molecule has 2 aromatic heterocycles. The first-order valence-corrected chi connectivity index (χ1v) is 13.6. The molecule has 0 unspecified atom stereocenters. The number of halogens is 2. The first-order chi connectivity index (χ1) is 16.6. The summed E-state index contributed by atoms with van der Waals surface area (Å²) in [6, 6.07) is 1.10. The number of imidazole rings is 1. The van der Waals surface area contributed by atoms with E-state index in [1.165, 1.54) is 0 Å². The number of nitrogens with one attached hydrogen (secondary N) is 2. The van der Waals surface area contributed by atoms with E-state index < -0.39 is 39.4 Å². The van der Waals surface area contributed by atoms with E-state index in [-0.39, 0.29) is 37.6 Å². The molecule has 0 spiro atoms. The van der Waals surface area contributed by atoms with Crippen molar-refractivity contribution in [1.29, 1.82) is 0 Å². The number of fused-ring (bicyclic) bond motifs is 1. The van der Waals surface area contributed by atoms with Crippen molar-refractivity contribution in [3.05, 3.63) is 29.7 Å². The molecule has 0 aliphatic heterocycles. The van der Waals surface area contributed by atoms with Crippen LogP contribution >= 0.6 is 0 Å². The molecule has 0 aromatic carbocycles. The van der Waals surface area contributed by atoms with Crippen molar-refractivity contribution in [2.45, 2.75) is 109 Å². The Labute approximate surface area is 214 Å². The van der Waals surface area contributed by atoms with Gasteiger partial charge in [-0.15, -0.1) is 0 Å². The van der Waals surface area contributed by atoms with Crippen molar-refractivity contribution in [3.63, 3.8) is 0 Å². The van der Waals surface area contributed by atoms with Crippen LogP contribution in [0.15, 0.2) is 18.5 Å². The molecule has 1 aliphatic rings. The predicted molar refractivity (Wildman–Crippen MR) is 136 cm³/mol. The lowest BCUT2D eigenvalue weighted by molar-refractivity contribution is -0.0500. The molecule has 2 aromatic rings. The predicted octanol–water partition coefficient (Wildman–Crippen LogP) is 5.62. The van der Waals surface area contributed by atoms with Crippen molar-refractivity contribution >= 4 is 22.7 Å². The summed E-state index contributed by atoms with van der Waals surface area (Å²) in [5, 5.41) is 7.36. The molecule has 3 atom stereocenters. The Bertz CT molecular complexity index is 1080. The minimum Gasteiger partial charge on any atom is -0.444 e. The number of carbonyl (C=O) groups excluding carboxylic acids is 1. The monoisotopic (exact) mass is 527 g/mol. The van der Waals surface area contributed by atoms with Crippen LogP contribution in [0.25, 0.3) is 5.65 Å². The van der Waals surface area contributed by atoms with Gasteiger partial charge in [-0.2, -0.15) is 5.10 Å². The molecule has 11 heteroatoms. The van der Waals surface area contributed by atoms with E-state index in [1.54, 1.807) is 37.7 Å². The van der Waals surface area contributed by atoms with Crippen LogP contribution in [-0.2, 0) is 15.7 Å². The van der Waals surface area contributed by atoms with E-state index in [4.69, 9.17) is 9.72 Å². The minimum atomic E-state index is -2.68. The van der Waals surface area contributed by atoms with E-state index in [0.29, 0.717) is 17.8 Å². The van der Waals surface area contributed by atoms with Crippen LogP contribution in [0.2, 0.25) is 0 Å². The molecule has 0 saturated heterocycles. The van der Waals surface area contributed by atoms with Crippen LogP contribution in [-0.4, -0.2) is 41.2 Å². The molecule has 0 radical (unpaired) electrons. The first-order valence-electron chi connectivity index (χ1n) is 12.5. The lowest BCUT2D eigenvalue weighted by atomic mass is 9.81. The third-order valence-corrected chi connectivity index (χ3v) is 7.81. The van der Waals surface area contributed by atoms with E-state index >= 15 is 0 Å². The Balaban J connectivity index is 1.89. The number of amides is 1. The molecule has 36 heavy (non-hydrogen) atoms. The van der Waals surface area contributed by atoms with Gasteiger partial charge in [0.15, 0.2) is 5.65 Å². The number of hydrogen-bond donors (Lipinski definition) is 2. The van der Waals surface area contributed by atoms with Crippen LogP contribution in [0, 0.1) is 5.92 Å². The molecule has 1 fully saturated rings. The summed E-state index contributed by atoms with van der Waals surface area (Å²) in [5.74, 6) is -2.89. The summed E-state index contributed by atoms with van der Waals surface area (Å²) in [4.78, 5) is 17.3. The molecule has 1 amide bonds. The molecule has 1 saturated carbocycles. The van der Waals surface area contributed by atoms with E-state index in [1.807, 2.05) is 33.8 Å². The fourth-order valence-corrected chi connectivity index (χ4v) is 5.12. The van der Waals surface area contributed by atoms with Crippen LogP contribution < -0.4 is 10.0 Å². The molecule has 202 valence electrons. The number of nitrogens with zero attached hydrogens (tertiary/aromatic N) is 3. The van der Waals surface area contributed by atoms with Gasteiger partial charge in [0.2, 0.25) is 5.92 Å². The highest BCUT2D eigenvalue weighted by Gasteiger charge is 2.39. The van der Waals surface area contributed by atoms with Gasteiger partial charge in [0, 0.05) is 18.9 Å². The summed E-state index contributed by atoms with van der Waals surface area (Å²) >= 11 is 0. The number of carbonyl (C=O) groups is 1. The van der Waals surface area contributed by atoms with Crippen molar-refractivity contribution in [3.8, 4) is 0 Å². The smallest absolute Gasteiger partial charge is 0.408 e. The SMILES string of the molecule is CC[C@@H](N[S@@](=O)C(C)(C)C)c1cnn2cc([C@@H](NC(=O)OC(C)(C)C)C3CCC(F)(F)CC3)nc2c1. The summed E-state index contributed by atoms with van der Waals surface area (Å²) < 4.78 is 50.1. The number of hydrogen-bond acceptors (Lipinski definition) is 5. The van der Waals surface area contributed by atoms with Crippen molar-refractivity contribution in [1.82, 2.24) is 24.6 Å². The van der Waals surface area contributed by atoms with Crippen molar-refractivity contribution in [2.24, 2.45) is 5.92 Å². The number of alkyl halides is 2. The highest BCUT2D eigenvalue weighted by molar-refractivity contribution is 7.84. The summed E-state index contributed by atoms with van der Waals surface area (Å²) in [6.07, 6.45) is 3.58. The zero-order chi connectivity index (χ0) is 26.9. The second-order valence-electron chi connectivity index (χ2n) is 11.5. The number of aromatic nitrogens is 3. The Morgan fingerprint density at radius 1 is 1.25 bits per heavy atom. The van der Waals surface area contributed by atoms with Crippen LogP contribution in [0.5, 0.6) is 0 Å². The molecule has 3 rings (SSSR count). The van der Waals surface area contributed by atoms with Gasteiger partial charge in [0.05, 0.1) is 39.9 Å². The van der Waals surface area contributed by atoms with Crippen LogP contribution in [0.4, 0.5) is 13.6 Å². The second-order valence-corrected chi connectivity index (χ2v) is 13.5. The summed E-state index contributed by atoms with van der Waals surface area (Å²) in [5.41, 5.74) is 1.24. The topological polar surface area (TPSA) is 97.6 Å². The molecule has 2 N–H and O–H groups in total. The number of alkyl carbamates (subject to hydrolysis) is 1. The Morgan fingerprint density at radius 2 is 1.89 bits per heavy atom. The minimum absolute atomic E-state index is 0.182. The second kappa shape index (κ2) is 10.7. The lowest BCUT2D eigenvalue weighted by Crippen LogP contribution is -2.40. The molecule has 2 heterocycles. The maximum atomic E-state index is 13.8. The molecular formula is C25H39F2N5O3S. The number of ether oxygens (including phenoxy) is 1. The lowest BCUT2D eigenvalue weighted by Gasteiger charge is -2.33. The fourth-order valence-electron chi connectivity index (χ4n) is 4.21. The van der Waals surface area contributed by atoms with E-state index in [2.05, 4.69) is 15.1 Å². The van der Waals surface area contributed by atoms with Gasteiger partial charge in [-0.3, -0.25) is 0 Å². The number of rotatable bonds is 7. The Hall–Kier alpha value is -2.14. The third kappa shape index (κ3) is 7.44. The molecular weight excluding hydrogens is 488 g/mol. The molecule has 1 aliphatic carbocycles. The van der Waals surface area contributed by atoms with Gasteiger partial charge in [0.25, 0.3) is 0 Å². The Morgan fingerprint density at radius 3 is 2.44 bits per heavy atom. The van der Waals surface area contributed by atoms with Crippen molar-refractivity contribution in [2.75, 3.05) is 0 Å². The highest BCUT2D eigenvalue weighted by Crippen LogP contribution is 2.41. The van der Waals surface area contributed by atoms with Gasteiger partial charge in [-0.25, -0.2) is 32.0 Å². The maximum absolute atomic E-state index is 13.8. The van der Waals surface area contributed by atoms with Crippen LogP contribution in [0.1, 0.15) is 104 Å². The summed E-state index contributed by atoms with van der Waals surface area (Å²) in [7, 11) is -1.26. The Kier molecular flexibility index (Phi) is 8.44. The third-order valence-electron chi connectivity index (χ3n) is 6.20. The standard InChI is InChI=1S/C25H39F2N5O3S/c1-8-18(31-36(34)24(5,6)7)17-13-20-29-19(15-32(20)28-14-17)21(30-22(33)35-23(2,3)4)16-9-11-25(26,27)12-10-16/h13-16,18,21,31H,8-12H2,1-7H3,(H,30,33)/t18-,21+,36+/m1/s1. The molecule has 8 nitrogen and oxygen atoms in total. The average Bonchev–Trinajstić information content (AvgIpc) is 3.17. The zero-order valence-corrected chi connectivity index (χ0v) is 23.0. The molecule has 0 bridgehead atoms. The van der Waals surface area contributed by atoms with Gasteiger partial charge in [-0.05, 0) is 78.4 Å². The maximum Gasteiger partial charge on any atom is 0.408 e. The first kappa shape index (κ1) is 28.4. The van der Waals surface area contributed by atoms with Crippen molar-refractivity contribution < 1.29 is 22.5 Å². The normalized spacial score (nSPS) is 19.6. The summed E-state index contributed by atoms with van der Waals surface area (Å²) in [6.45, 7) is 13.0. The van der Waals surface area contributed by atoms with Crippen LogP contribution in [0.3, 0.4) is 0 Å². The zero-order valence-electron chi connectivity index (χ0n) is 22.2. The van der Waals surface area contributed by atoms with Gasteiger partial charge >= 0.3 is 6.09 Å². The van der Waals surface area contributed by atoms with Gasteiger partial charge in [-0.1, -0.05) is 6.92 Å². The average molecular weight is 528 g/mol. The largest absolute Gasteiger partial charge is 0.444 e. The van der Waals surface area contributed by atoms with Gasteiger partial charge in [0.1, 0.15) is 5.60 Å². The quantitative estimate of drug-likeness (QED) is 0.487. The highest BCUT2D eigenvalue weighted by atomic mass is 32.2. The van der Waals surface area contributed by atoms with Gasteiger partial charge < -0.3 is 10.1 Å².